The second-order valence-corrected chi connectivity index (χ2v) is 3.95. The maximum Gasteiger partial charge on any atom is 0.306 e. The van der Waals surface area contributed by atoms with E-state index in [-0.39, 0.29) is 11.7 Å². The first-order valence-corrected chi connectivity index (χ1v) is 5.24. The summed E-state index contributed by atoms with van der Waals surface area (Å²) in [6, 6.07) is 1.41. The van der Waals surface area contributed by atoms with Crippen LogP contribution in [0.25, 0.3) is 11.0 Å². The number of aromatic nitrogens is 3. The number of hydrogen-bond donors (Lipinski definition) is 1. The highest BCUT2D eigenvalue weighted by Gasteiger charge is 2.28. The number of fused-ring (bicyclic) bond motifs is 1. The lowest BCUT2D eigenvalue weighted by molar-refractivity contribution is -0.138. The van der Waals surface area contributed by atoms with Gasteiger partial charge in [-0.25, -0.2) is 9.37 Å². The zero-order valence-corrected chi connectivity index (χ0v) is 9.30. The van der Waals surface area contributed by atoms with Crippen LogP contribution in [0.3, 0.4) is 0 Å². The van der Waals surface area contributed by atoms with Gasteiger partial charge in [-0.15, -0.1) is 0 Å². The average molecular weight is 237 g/mol. The fraction of sp³-hybridized carbons (Fsp3) is 0.364. The van der Waals surface area contributed by atoms with Crippen LogP contribution < -0.4 is 0 Å². The van der Waals surface area contributed by atoms with Crippen molar-refractivity contribution < 1.29 is 14.3 Å². The predicted octanol–water partition coefficient (Wildman–Crippen LogP) is 1.59. The lowest BCUT2D eigenvalue weighted by Gasteiger charge is -1.90. The molecule has 1 saturated carbocycles. The van der Waals surface area contributed by atoms with Gasteiger partial charge >= 0.3 is 5.97 Å². The molecule has 6 heteroatoms. The maximum atomic E-state index is 12.5. The number of carbonyl (C=O) groups is 1. The zero-order valence-electron chi connectivity index (χ0n) is 9.30. The minimum atomic E-state index is -0.630. The molecule has 0 aliphatic heterocycles. The molecule has 2 aromatic rings. The Kier molecular flexibility index (Phi) is 3.03. The fourth-order valence-corrected chi connectivity index (χ4v) is 1.35. The van der Waals surface area contributed by atoms with Crippen molar-refractivity contribution in [1.82, 2.24) is 14.8 Å². The maximum absolute atomic E-state index is 12.5. The van der Waals surface area contributed by atoms with Crippen molar-refractivity contribution in [3.63, 3.8) is 0 Å². The van der Waals surface area contributed by atoms with E-state index in [1.807, 2.05) is 0 Å². The number of aryl methyl sites for hydroxylation is 1. The molecule has 1 aliphatic rings. The molecule has 0 atom stereocenters. The van der Waals surface area contributed by atoms with Crippen LogP contribution in [0.5, 0.6) is 0 Å². The highest BCUT2D eigenvalue weighted by Crippen LogP contribution is 2.28. The van der Waals surface area contributed by atoms with Crippen LogP contribution in [-0.2, 0) is 11.8 Å². The first-order valence-electron chi connectivity index (χ1n) is 5.24. The second kappa shape index (κ2) is 4.48. The molecule has 5 nitrogen and oxygen atoms in total. The number of nitrogens with zero attached hydrogens (tertiary/aromatic N) is 3. The quantitative estimate of drug-likeness (QED) is 0.817. The molecule has 0 aromatic carbocycles. The summed E-state index contributed by atoms with van der Waals surface area (Å²) >= 11 is 0. The minimum absolute atomic E-state index is 0.0185. The van der Waals surface area contributed by atoms with E-state index in [1.165, 1.54) is 12.3 Å². The summed E-state index contributed by atoms with van der Waals surface area (Å²) in [4.78, 5) is 13.6. The van der Waals surface area contributed by atoms with Crippen LogP contribution in [-0.4, -0.2) is 25.8 Å². The molecular formula is C11H12FN3O2. The van der Waals surface area contributed by atoms with Gasteiger partial charge in [0.15, 0.2) is 5.65 Å². The zero-order chi connectivity index (χ0) is 12.4. The Morgan fingerprint density at radius 1 is 1.53 bits per heavy atom. The minimum Gasteiger partial charge on any atom is -0.481 e. The molecule has 0 amide bonds. The number of halogens is 1. The number of pyridine rings is 1. The lowest BCUT2D eigenvalue weighted by atomic mass is 10.3. The largest absolute Gasteiger partial charge is 0.481 e. The Labute approximate surface area is 96.9 Å². The van der Waals surface area contributed by atoms with Crippen LogP contribution in [0, 0.1) is 11.7 Å². The summed E-state index contributed by atoms with van der Waals surface area (Å²) in [7, 11) is 1.77. The third kappa shape index (κ3) is 2.77. The van der Waals surface area contributed by atoms with E-state index in [4.69, 9.17) is 5.11 Å². The Morgan fingerprint density at radius 3 is 2.76 bits per heavy atom. The monoisotopic (exact) mass is 237 g/mol. The molecule has 0 radical (unpaired) electrons. The predicted molar refractivity (Wildman–Crippen MR) is 58.8 cm³/mol. The molecular weight excluding hydrogens is 225 g/mol. The van der Waals surface area contributed by atoms with Gasteiger partial charge in [0, 0.05) is 12.4 Å². The first kappa shape index (κ1) is 11.5. The van der Waals surface area contributed by atoms with Gasteiger partial charge in [-0.1, -0.05) is 0 Å². The molecule has 3 rings (SSSR count). The van der Waals surface area contributed by atoms with Gasteiger partial charge in [0.1, 0.15) is 5.82 Å². The number of hydrogen-bond acceptors (Lipinski definition) is 3. The summed E-state index contributed by atoms with van der Waals surface area (Å²) in [5, 5.41) is 12.7. The fourth-order valence-electron chi connectivity index (χ4n) is 1.35. The van der Waals surface area contributed by atoms with Crippen molar-refractivity contribution in [3.8, 4) is 0 Å². The van der Waals surface area contributed by atoms with Gasteiger partial charge in [-0.2, -0.15) is 5.10 Å². The molecule has 2 aromatic heterocycles. The average Bonchev–Trinajstić information content (AvgIpc) is 3.06. The van der Waals surface area contributed by atoms with Gasteiger partial charge in [-0.05, 0) is 18.9 Å². The molecule has 0 bridgehead atoms. The molecule has 1 fully saturated rings. The van der Waals surface area contributed by atoms with Crippen LogP contribution >= 0.6 is 0 Å². The van der Waals surface area contributed by atoms with Crippen molar-refractivity contribution in [2.24, 2.45) is 13.0 Å². The molecule has 1 N–H and O–H groups in total. The molecule has 17 heavy (non-hydrogen) atoms. The molecule has 0 unspecified atom stereocenters. The van der Waals surface area contributed by atoms with Crippen molar-refractivity contribution in [2.45, 2.75) is 12.8 Å². The smallest absolute Gasteiger partial charge is 0.306 e. The molecule has 1 aliphatic carbocycles. The number of carboxylic acid groups (broad SMARTS) is 1. The standard InChI is InChI=1S/C7H6FN3.C4H6O2/c1-11-7-5(3-10-11)2-6(8)4-9-7;5-4(6)3-1-2-3/h2-4H,1H3;3H,1-2H2,(H,5,6). The van der Waals surface area contributed by atoms with Crippen molar-refractivity contribution >= 4 is 17.0 Å². The number of rotatable bonds is 1. The van der Waals surface area contributed by atoms with E-state index in [9.17, 15) is 9.18 Å². The van der Waals surface area contributed by atoms with E-state index >= 15 is 0 Å². The summed E-state index contributed by atoms with van der Waals surface area (Å²) in [5.41, 5.74) is 0.700. The molecule has 90 valence electrons. The van der Waals surface area contributed by atoms with Gasteiger partial charge in [0.25, 0.3) is 0 Å². The van der Waals surface area contributed by atoms with E-state index in [0.717, 1.165) is 18.2 Å². The summed E-state index contributed by atoms with van der Waals surface area (Å²) in [6.07, 6.45) is 4.57. The normalized spacial score (nSPS) is 14.2. The van der Waals surface area contributed by atoms with Gasteiger partial charge < -0.3 is 5.11 Å². The third-order valence-electron chi connectivity index (χ3n) is 2.46. The van der Waals surface area contributed by atoms with Crippen LogP contribution in [0.1, 0.15) is 12.8 Å². The van der Waals surface area contributed by atoms with Gasteiger partial charge in [0.2, 0.25) is 0 Å². The SMILES string of the molecule is Cn1ncc2cc(F)cnc21.O=C(O)C1CC1. The molecule has 2 heterocycles. The van der Waals surface area contributed by atoms with Crippen molar-refractivity contribution in [2.75, 3.05) is 0 Å². The lowest BCUT2D eigenvalue weighted by Crippen LogP contribution is -1.94. The molecule has 0 saturated heterocycles. The van der Waals surface area contributed by atoms with Gasteiger partial charge in [0.05, 0.1) is 18.3 Å². The summed E-state index contributed by atoms with van der Waals surface area (Å²) in [5.74, 6) is -0.939. The highest BCUT2D eigenvalue weighted by molar-refractivity contribution is 5.73. The van der Waals surface area contributed by atoms with E-state index in [2.05, 4.69) is 10.1 Å². The second-order valence-electron chi connectivity index (χ2n) is 3.95. The van der Waals surface area contributed by atoms with Gasteiger partial charge in [-0.3, -0.25) is 9.48 Å². The Morgan fingerprint density at radius 2 is 2.24 bits per heavy atom. The van der Waals surface area contributed by atoms with Crippen LogP contribution in [0.2, 0.25) is 0 Å². The number of aliphatic carboxylic acids is 1. The number of carboxylic acids is 1. The Balaban J connectivity index is 0.000000153. The first-order chi connectivity index (χ1) is 8.08. The topological polar surface area (TPSA) is 68.0 Å². The third-order valence-corrected chi connectivity index (χ3v) is 2.46. The summed E-state index contributed by atoms with van der Waals surface area (Å²) < 4.78 is 14.2. The summed E-state index contributed by atoms with van der Waals surface area (Å²) in [6.45, 7) is 0. The Hall–Kier alpha value is -1.98. The van der Waals surface area contributed by atoms with E-state index in [0.29, 0.717) is 5.65 Å². The van der Waals surface area contributed by atoms with E-state index < -0.39 is 5.97 Å². The van der Waals surface area contributed by atoms with Crippen molar-refractivity contribution in [3.05, 3.63) is 24.3 Å². The van der Waals surface area contributed by atoms with E-state index in [1.54, 1.807) is 17.9 Å². The van der Waals surface area contributed by atoms with Crippen LogP contribution in [0.15, 0.2) is 18.5 Å². The van der Waals surface area contributed by atoms with Crippen LogP contribution in [0.4, 0.5) is 4.39 Å². The molecule has 0 spiro atoms. The van der Waals surface area contributed by atoms with Crippen molar-refractivity contribution in [1.29, 1.82) is 0 Å². The Bertz CT molecular complexity index is 549. The highest BCUT2D eigenvalue weighted by atomic mass is 19.1.